The van der Waals surface area contributed by atoms with Crippen molar-refractivity contribution in [2.24, 2.45) is 10.8 Å². The molecule has 0 saturated heterocycles. The number of hydrogen-bond donors (Lipinski definition) is 0. The van der Waals surface area contributed by atoms with Crippen molar-refractivity contribution >= 4 is 33.3 Å². The molecule has 5 rings (SSSR count). The Labute approximate surface area is 260 Å². The summed E-state index contributed by atoms with van der Waals surface area (Å²) in [7, 11) is -2.81. The van der Waals surface area contributed by atoms with Gasteiger partial charge in [0.1, 0.15) is 4.90 Å². The van der Waals surface area contributed by atoms with Crippen molar-refractivity contribution in [3.8, 4) is 11.5 Å². The fourth-order valence-corrected chi connectivity index (χ4v) is 7.99. The van der Waals surface area contributed by atoms with E-state index in [2.05, 4.69) is 39.5 Å². The van der Waals surface area contributed by atoms with Gasteiger partial charge < -0.3 is 13.8 Å². The van der Waals surface area contributed by atoms with Gasteiger partial charge in [-0.05, 0) is 66.8 Å². The van der Waals surface area contributed by atoms with E-state index in [9.17, 15) is 18.0 Å². The quantitative estimate of drug-likeness (QED) is 0.294. The second-order valence-corrected chi connectivity index (χ2v) is 15.5. The first-order valence-corrected chi connectivity index (χ1v) is 16.5. The summed E-state index contributed by atoms with van der Waals surface area (Å²) in [5, 5.41) is 0.0116. The molecule has 1 aliphatic heterocycles. The van der Waals surface area contributed by atoms with Crippen LogP contribution in [0.1, 0.15) is 83.8 Å². The van der Waals surface area contributed by atoms with E-state index in [1.165, 1.54) is 19.2 Å². The largest absolute Gasteiger partial charge is 0.493 e. The molecule has 2 aliphatic carbocycles. The molecule has 0 N–H and O–H groups in total. The first-order valence-electron chi connectivity index (χ1n) is 14.8. The van der Waals surface area contributed by atoms with E-state index in [0.29, 0.717) is 48.9 Å². The summed E-state index contributed by atoms with van der Waals surface area (Å²) < 4.78 is 37.5. The Bertz CT molecular complexity index is 1610. The molecular formula is C34H40ClNO6S. The Kier molecular flexibility index (Phi) is 8.10. The monoisotopic (exact) mass is 625 g/mol. The van der Waals surface area contributed by atoms with Gasteiger partial charge >= 0.3 is 10.1 Å². The fourth-order valence-electron chi connectivity index (χ4n) is 6.72. The Morgan fingerprint density at radius 1 is 0.907 bits per heavy atom. The molecule has 0 atom stereocenters. The van der Waals surface area contributed by atoms with Crippen molar-refractivity contribution in [2.75, 3.05) is 13.7 Å². The average molecular weight is 626 g/mol. The molecule has 1 heterocycles. The summed E-state index contributed by atoms with van der Waals surface area (Å²) >= 11 is 6.76. The molecule has 2 aromatic carbocycles. The average Bonchev–Trinajstić information content (AvgIpc) is 2.89. The maximum absolute atomic E-state index is 14.0. The molecule has 3 aliphatic rings. The number of ether oxygens (including phenoxy) is 1. The normalized spacial score (nSPS) is 20.2. The highest BCUT2D eigenvalue weighted by Gasteiger charge is 2.49. The number of ketones is 2. The van der Waals surface area contributed by atoms with Crippen LogP contribution in [-0.4, -0.2) is 38.5 Å². The van der Waals surface area contributed by atoms with Crippen LogP contribution in [-0.2, 0) is 19.7 Å². The first kappa shape index (κ1) is 31.3. The SMILES string of the molecule is CCCN1C2=C(C(=O)CC(C)(C)C2)C(c2cc(Cl)c(OS(=O)(=O)c3ccc(C)cc3)c(OC)c2)C2=C1CC(C)(C)CC2=O. The van der Waals surface area contributed by atoms with Gasteiger partial charge in [0.2, 0.25) is 5.75 Å². The molecule has 0 bridgehead atoms. The molecule has 9 heteroatoms. The minimum Gasteiger partial charge on any atom is -0.493 e. The van der Waals surface area contributed by atoms with Gasteiger partial charge in [0.15, 0.2) is 17.3 Å². The maximum atomic E-state index is 14.0. The zero-order valence-electron chi connectivity index (χ0n) is 26.0. The standard InChI is InChI=1S/C34H40ClNO6S/c1-8-13-36-24-16-33(3,4)18-26(37)30(24)29(31-25(36)17-34(5,6)19-27(31)38)21-14-23(35)32(28(15-21)41-7)42-43(39,40)22-11-9-20(2)10-12-22/h9-12,14-15,29H,8,13,16-19H2,1-7H3. The van der Waals surface area contributed by atoms with Gasteiger partial charge in [0.25, 0.3) is 0 Å². The lowest BCUT2D eigenvalue weighted by Gasteiger charge is -2.49. The van der Waals surface area contributed by atoms with Gasteiger partial charge in [-0.25, -0.2) is 0 Å². The van der Waals surface area contributed by atoms with Gasteiger partial charge in [-0.3, -0.25) is 9.59 Å². The number of nitrogens with zero attached hydrogens (tertiary/aromatic N) is 1. The predicted octanol–water partition coefficient (Wildman–Crippen LogP) is 7.52. The fraction of sp³-hybridized carbons (Fsp3) is 0.471. The number of halogens is 1. The summed E-state index contributed by atoms with van der Waals surface area (Å²) in [6.45, 7) is 13.1. The van der Waals surface area contributed by atoms with Gasteiger partial charge in [-0.2, -0.15) is 8.42 Å². The summed E-state index contributed by atoms with van der Waals surface area (Å²) in [5.41, 5.74) is 4.24. The topological polar surface area (TPSA) is 90.0 Å². The molecule has 0 spiro atoms. The highest BCUT2D eigenvalue weighted by Crippen LogP contribution is 2.55. The highest BCUT2D eigenvalue weighted by atomic mass is 35.5. The minimum absolute atomic E-state index is 0.0116. The number of hydrogen-bond acceptors (Lipinski definition) is 7. The maximum Gasteiger partial charge on any atom is 0.339 e. The van der Waals surface area contributed by atoms with Crippen molar-refractivity contribution in [1.82, 2.24) is 4.90 Å². The Morgan fingerprint density at radius 3 is 1.93 bits per heavy atom. The summed E-state index contributed by atoms with van der Waals surface area (Å²) in [6.07, 6.45) is 3.01. The van der Waals surface area contributed by atoms with Gasteiger partial charge in [-0.1, -0.05) is 63.9 Å². The summed E-state index contributed by atoms with van der Waals surface area (Å²) in [4.78, 5) is 30.2. The molecule has 7 nitrogen and oxygen atoms in total. The number of rotatable bonds is 7. The minimum atomic E-state index is -4.22. The third-order valence-corrected chi connectivity index (χ3v) is 10.1. The number of benzene rings is 2. The number of aryl methyl sites for hydroxylation is 1. The second-order valence-electron chi connectivity index (χ2n) is 13.6. The lowest BCUT2D eigenvalue weighted by molar-refractivity contribution is -0.119. The molecule has 0 radical (unpaired) electrons. The lowest BCUT2D eigenvalue weighted by atomic mass is 9.63. The molecular weight excluding hydrogens is 586 g/mol. The molecule has 0 fully saturated rings. The lowest BCUT2D eigenvalue weighted by Crippen LogP contribution is -2.44. The zero-order valence-corrected chi connectivity index (χ0v) is 27.5. The molecule has 43 heavy (non-hydrogen) atoms. The van der Waals surface area contributed by atoms with Crippen molar-refractivity contribution in [3.05, 3.63) is 75.1 Å². The smallest absolute Gasteiger partial charge is 0.339 e. The Hall–Kier alpha value is -3.10. The van der Waals surface area contributed by atoms with Crippen LogP contribution in [0.5, 0.6) is 11.5 Å². The van der Waals surface area contributed by atoms with E-state index in [0.717, 1.165) is 23.4 Å². The van der Waals surface area contributed by atoms with Crippen molar-refractivity contribution < 1.29 is 26.9 Å². The summed E-state index contributed by atoms with van der Waals surface area (Å²) in [5.74, 6) is -0.657. The van der Waals surface area contributed by atoms with Gasteiger partial charge in [-0.15, -0.1) is 0 Å². The molecule has 0 aromatic heterocycles. The highest BCUT2D eigenvalue weighted by molar-refractivity contribution is 7.87. The van der Waals surface area contributed by atoms with E-state index in [-0.39, 0.29) is 43.8 Å². The molecule has 0 amide bonds. The molecule has 0 unspecified atom stereocenters. The van der Waals surface area contributed by atoms with E-state index >= 15 is 0 Å². The number of allylic oxidation sites excluding steroid dienone is 4. The van der Waals surface area contributed by atoms with Crippen LogP contribution in [0.15, 0.2) is 63.8 Å². The number of carbonyl (C=O) groups is 2. The van der Waals surface area contributed by atoms with Crippen molar-refractivity contribution in [3.63, 3.8) is 0 Å². The van der Waals surface area contributed by atoms with Crippen molar-refractivity contribution in [1.29, 1.82) is 0 Å². The first-order chi connectivity index (χ1) is 20.1. The van der Waals surface area contributed by atoms with E-state index in [1.54, 1.807) is 24.3 Å². The third kappa shape index (κ3) is 5.88. The van der Waals surface area contributed by atoms with Crippen LogP contribution in [0, 0.1) is 17.8 Å². The van der Waals surface area contributed by atoms with Crippen molar-refractivity contribution in [2.45, 2.75) is 84.5 Å². The van der Waals surface area contributed by atoms with Crippen LogP contribution >= 0.6 is 11.6 Å². The van der Waals surface area contributed by atoms with E-state index < -0.39 is 16.0 Å². The molecule has 230 valence electrons. The molecule has 0 saturated carbocycles. The zero-order chi connectivity index (χ0) is 31.5. The number of methoxy groups -OCH3 is 1. The van der Waals surface area contributed by atoms with Gasteiger partial charge in [0, 0.05) is 47.8 Å². The van der Waals surface area contributed by atoms with E-state index in [4.69, 9.17) is 20.5 Å². The van der Waals surface area contributed by atoms with Crippen LogP contribution in [0.3, 0.4) is 0 Å². The van der Waals surface area contributed by atoms with Crippen LogP contribution in [0.25, 0.3) is 0 Å². The Balaban J connectivity index is 1.69. The number of carbonyl (C=O) groups excluding carboxylic acids is 2. The van der Waals surface area contributed by atoms with Crippen LogP contribution < -0.4 is 8.92 Å². The third-order valence-electron chi connectivity index (χ3n) is 8.56. The van der Waals surface area contributed by atoms with E-state index in [1.807, 2.05) is 6.92 Å². The predicted molar refractivity (Wildman–Crippen MR) is 167 cm³/mol. The second kappa shape index (κ2) is 11.1. The van der Waals surface area contributed by atoms with Gasteiger partial charge in [0.05, 0.1) is 12.1 Å². The van der Waals surface area contributed by atoms with Crippen LogP contribution in [0.4, 0.5) is 0 Å². The summed E-state index contributed by atoms with van der Waals surface area (Å²) in [6, 6.07) is 9.58. The number of Topliss-reactive ketones (excluding diaryl/α,β-unsaturated/α-hetero) is 2. The van der Waals surface area contributed by atoms with Crippen LogP contribution in [0.2, 0.25) is 5.02 Å². The Morgan fingerprint density at radius 2 is 1.44 bits per heavy atom. The molecule has 2 aromatic rings.